The number of methoxy groups -OCH3 is 1. The monoisotopic (exact) mass is 478 g/mol. The van der Waals surface area contributed by atoms with Gasteiger partial charge in [0.25, 0.3) is 0 Å². The molecule has 7 nitrogen and oxygen atoms in total. The van der Waals surface area contributed by atoms with E-state index in [-0.39, 0.29) is 6.10 Å². The Labute approximate surface area is 141 Å². The molecule has 22 heavy (non-hydrogen) atoms. The van der Waals surface area contributed by atoms with Gasteiger partial charge in [0.05, 0.1) is 0 Å². The molecule has 0 amide bonds. The van der Waals surface area contributed by atoms with Crippen LogP contribution in [0.4, 0.5) is 0 Å². The van der Waals surface area contributed by atoms with Gasteiger partial charge in [-0.05, 0) is 0 Å². The van der Waals surface area contributed by atoms with Crippen molar-refractivity contribution >= 4 is 4.08 Å². The van der Waals surface area contributed by atoms with Gasteiger partial charge in [0.15, 0.2) is 0 Å². The summed E-state index contributed by atoms with van der Waals surface area (Å²) >= 11 is 1.37. The van der Waals surface area contributed by atoms with E-state index in [1.165, 1.54) is 24.9 Å². The molecule has 0 N–H and O–H groups in total. The molecule has 1 rings (SSSR count). The first-order chi connectivity index (χ1) is 10.7. The van der Waals surface area contributed by atoms with Crippen LogP contribution in [0.3, 0.4) is 0 Å². The number of hydrogen-bond donors (Lipinski definition) is 0. The molecular weight excluding hydrogens is 464 g/mol. The third-order valence-electron chi connectivity index (χ3n) is 1.99. The predicted octanol–water partition coefficient (Wildman–Crippen LogP) is 1.10. The van der Waals surface area contributed by atoms with Crippen molar-refractivity contribution in [2.24, 2.45) is 5.92 Å². The molecule has 0 bridgehead atoms. The van der Waals surface area contributed by atoms with E-state index in [0.29, 0.717) is 5.92 Å². The van der Waals surface area contributed by atoms with E-state index in [2.05, 4.69) is 46.3 Å². The van der Waals surface area contributed by atoms with Gasteiger partial charge in [-0.2, -0.15) is 0 Å². The Morgan fingerprint density at radius 2 is 1.41 bits per heavy atom. The first-order valence-electron chi connectivity index (χ1n) is 5.14. The van der Waals surface area contributed by atoms with Crippen LogP contribution in [0.1, 0.15) is 13.8 Å². The van der Waals surface area contributed by atoms with Gasteiger partial charge in [-0.15, -0.1) is 0 Å². The van der Waals surface area contributed by atoms with E-state index in [0.717, 1.165) is 10.7 Å². The summed E-state index contributed by atoms with van der Waals surface area (Å²) < 4.78 is 49.3. The molecule has 1 aliphatic rings. The molecule has 0 saturated heterocycles. The summed E-state index contributed by atoms with van der Waals surface area (Å²) in [7, 11) is 1.72. The summed E-state index contributed by atoms with van der Waals surface area (Å²) in [6.07, 6.45) is 2.49. The normalized spacial score (nSPS) is 15.6. The Kier molecular flexibility index (Phi) is 47.7. The summed E-state index contributed by atoms with van der Waals surface area (Å²) in [6.45, 7) is 27.5. The van der Waals surface area contributed by atoms with Crippen molar-refractivity contribution in [3.05, 3.63) is 44.9 Å². The fraction of sp³-hybridized carbons (Fsp3) is 0.429. The van der Waals surface area contributed by atoms with Gasteiger partial charge in [0.2, 0.25) is 0 Å². The van der Waals surface area contributed by atoms with Crippen LogP contribution in [0.15, 0.2) is 11.6 Å². The van der Waals surface area contributed by atoms with Gasteiger partial charge in [-0.1, -0.05) is 0 Å². The van der Waals surface area contributed by atoms with E-state index >= 15 is 0 Å². The molecule has 0 saturated carbocycles. The minimum absolute atomic E-state index is 0.280. The van der Waals surface area contributed by atoms with E-state index in [4.69, 9.17) is 32.7 Å². The van der Waals surface area contributed by atoms with Crippen LogP contribution in [0.2, 0.25) is 0 Å². The van der Waals surface area contributed by atoms with Crippen LogP contribution in [0.5, 0.6) is 0 Å². The summed E-state index contributed by atoms with van der Waals surface area (Å²) in [5, 5.41) is 0. The molecule has 0 aromatic rings. The molecule has 0 unspecified atom stereocenters. The Bertz CT molecular complexity index is 355. The Hall–Kier alpha value is -1.08. The fourth-order valence-electron chi connectivity index (χ4n) is 1.35. The summed E-state index contributed by atoms with van der Waals surface area (Å²) in [4.78, 5) is 0. The van der Waals surface area contributed by atoms with E-state index in [9.17, 15) is 0 Å². The molecule has 1 aliphatic carbocycles. The van der Waals surface area contributed by atoms with Crippen LogP contribution < -0.4 is 0 Å². The standard InChI is InChI=1S/C9H14O2.5CO.W/c1-4-11-9-7(2)5-8(9)6-10-3;5*1-2;/h5,7,9H,4H2,1-3H3;;;;;;/t7-,9-;;;;;;/m1....../s1. The molecule has 0 aliphatic heterocycles. The van der Waals surface area contributed by atoms with E-state index in [1.54, 1.807) is 7.11 Å². The first kappa shape index (κ1) is 32.8. The Morgan fingerprint density at radius 3 is 1.64 bits per heavy atom. The van der Waals surface area contributed by atoms with Crippen molar-refractivity contribution in [1.29, 1.82) is 0 Å². The zero-order chi connectivity index (χ0) is 19.1. The van der Waals surface area contributed by atoms with Crippen LogP contribution in [-0.4, -0.2) is 23.9 Å². The Balaban J connectivity index is -0.0000000822. The number of ether oxygens (including phenoxy) is 2. The maximum absolute atomic E-state index is 7.50. The topological polar surface area (TPSA) is 118 Å². The van der Waals surface area contributed by atoms with Gasteiger partial charge in [-0.3, -0.25) is 0 Å². The average Bonchev–Trinajstić information content (AvgIpc) is 2.65. The SMILES string of the molecule is CCO[C@H]1C([C](=[W])OC)=C[C@H]1C.[C-]#[O+].[C-]#[O+].[C-]#[O+].[C-]#[O+].[C-]#[O+]. The third-order valence-corrected chi connectivity index (χ3v) is 3.44. The maximum atomic E-state index is 7.50. The molecular formula is C14H14O7W. The molecule has 2 atom stereocenters. The van der Waals surface area contributed by atoms with Crippen LogP contribution >= 0.6 is 0 Å². The predicted molar refractivity (Wildman–Crippen MR) is 64.3 cm³/mol. The van der Waals surface area contributed by atoms with Crippen molar-refractivity contribution in [3.8, 4) is 0 Å². The van der Waals surface area contributed by atoms with Crippen molar-refractivity contribution in [2.45, 2.75) is 20.0 Å². The molecule has 0 spiro atoms. The summed E-state index contributed by atoms with van der Waals surface area (Å²) in [6, 6.07) is 0. The third kappa shape index (κ3) is 15.3. The zero-order valence-corrected chi connectivity index (χ0v) is 15.1. The average molecular weight is 478 g/mol. The van der Waals surface area contributed by atoms with Crippen molar-refractivity contribution in [1.82, 2.24) is 0 Å². The van der Waals surface area contributed by atoms with Crippen molar-refractivity contribution in [2.75, 3.05) is 13.7 Å². The van der Waals surface area contributed by atoms with Gasteiger partial charge >= 0.3 is 141 Å². The van der Waals surface area contributed by atoms with Gasteiger partial charge in [-0.25, -0.2) is 0 Å². The fourth-order valence-corrected chi connectivity index (χ4v) is 2.02. The minimum atomic E-state index is 0.280. The molecule has 0 aromatic carbocycles. The molecule has 0 heterocycles. The zero-order valence-electron chi connectivity index (χ0n) is 12.2. The van der Waals surface area contributed by atoms with Crippen LogP contribution in [0, 0.1) is 39.2 Å². The van der Waals surface area contributed by atoms with Gasteiger partial charge in [0.1, 0.15) is 0 Å². The molecule has 0 aromatic heterocycles. The quantitative estimate of drug-likeness (QED) is 0.445. The molecule has 0 radical (unpaired) electrons. The first-order valence-corrected chi connectivity index (χ1v) is 6.61. The van der Waals surface area contributed by atoms with Crippen LogP contribution in [-0.2, 0) is 52.1 Å². The molecule has 8 heteroatoms. The van der Waals surface area contributed by atoms with E-state index in [1.807, 2.05) is 6.92 Å². The summed E-state index contributed by atoms with van der Waals surface area (Å²) in [5.74, 6) is 0.546. The molecule has 0 fully saturated rings. The second kappa shape index (κ2) is 32.0. The van der Waals surface area contributed by atoms with Gasteiger partial charge in [0, 0.05) is 0 Å². The van der Waals surface area contributed by atoms with Gasteiger partial charge < -0.3 is 0 Å². The van der Waals surface area contributed by atoms with Crippen molar-refractivity contribution < 1.29 is 52.1 Å². The summed E-state index contributed by atoms with van der Waals surface area (Å²) in [5.41, 5.74) is 1.25. The number of hydrogen-bond acceptors (Lipinski definition) is 2. The van der Waals surface area contributed by atoms with Crippen LogP contribution in [0.25, 0.3) is 0 Å². The second-order valence-corrected chi connectivity index (χ2v) is 4.18. The van der Waals surface area contributed by atoms with Crippen molar-refractivity contribution in [3.63, 3.8) is 0 Å². The Morgan fingerprint density at radius 1 is 1.05 bits per heavy atom. The second-order valence-electron chi connectivity index (χ2n) is 2.85. The van der Waals surface area contributed by atoms with E-state index < -0.39 is 0 Å². The number of rotatable bonds is 4. The molecule has 118 valence electrons.